The van der Waals surface area contributed by atoms with Crippen molar-refractivity contribution in [2.75, 3.05) is 12.9 Å². The first-order valence-corrected chi connectivity index (χ1v) is 11.8. The molecular weight excluding hydrogens is 432 g/mol. The van der Waals surface area contributed by atoms with Gasteiger partial charge in [-0.15, -0.1) is 11.8 Å². The van der Waals surface area contributed by atoms with Crippen LogP contribution in [0.4, 0.5) is 0 Å². The van der Waals surface area contributed by atoms with Gasteiger partial charge in [-0.1, -0.05) is 30.7 Å². The van der Waals surface area contributed by atoms with Crippen molar-refractivity contribution in [3.63, 3.8) is 0 Å². The molecule has 1 N–H and O–H groups in total. The molecule has 2 aromatic rings. The molecule has 0 aliphatic carbocycles. The van der Waals surface area contributed by atoms with Gasteiger partial charge >= 0.3 is 0 Å². The summed E-state index contributed by atoms with van der Waals surface area (Å²) in [5.41, 5.74) is 0.918. The normalized spacial score (nSPS) is 12.7. The molecule has 168 valence electrons. The third-order valence-electron chi connectivity index (χ3n) is 5.05. The predicted octanol–water partition coefficient (Wildman–Crippen LogP) is 5.16. The second-order valence-corrected chi connectivity index (χ2v) is 9.02. The van der Waals surface area contributed by atoms with Crippen molar-refractivity contribution in [3.8, 4) is 5.75 Å². The molecule has 0 fully saturated rings. The highest BCUT2D eigenvalue weighted by Gasteiger charge is 2.26. The molecule has 0 heterocycles. The number of benzene rings is 2. The van der Waals surface area contributed by atoms with E-state index in [1.807, 2.05) is 62.4 Å². The van der Waals surface area contributed by atoms with E-state index in [9.17, 15) is 9.59 Å². The second-order valence-electron chi connectivity index (χ2n) is 7.42. The molecule has 0 spiro atoms. The minimum absolute atomic E-state index is 0.0592. The maximum absolute atomic E-state index is 13.1. The average molecular weight is 463 g/mol. The number of amides is 2. The number of methoxy groups -OCH3 is 1. The van der Waals surface area contributed by atoms with Crippen molar-refractivity contribution in [2.24, 2.45) is 0 Å². The summed E-state index contributed by atoms with van der Waals surface area (Å²) < 4.78 is 5.30. The van der Waals surface area contributed by atoms with Gasteiger partial charge in [0.1, 0.15) is 11.8 Å². The monoisotopic (exact) mass is 462 g/mol. The Morgan fingerprint density at radius 1 is 1.16 bits per heavy atom. The fraction of sp³-hybridized carbons (Fsp3) is 0.417. The second kappa shape index (κ2) is 12.6. The SMILES string of the molecule is CC[C@@H](C)NC(=O)[C@@H](C)N(Cc1cccc(OC)c1)C(=O)CCSc1ccc(Cl)cc1. The van der Waals surface area contributed by atoms with E-state index in [1.165, 1.54) is 0 Å². The van der Waals surface area contributed by atoms with Crippen LogP contribution in [-0.2, 0) is 16.1 Å². The summed E-state index contributed by atoms with van der Waals surface area (Å²) in [7, 11) is 1.61. The summed E-state index contributed by atoms with van der Waals surface area (Å²) in [5.74, 6) is 1.14. The summed E-state index contributed by atoms with van der Waals surface area (Å²) >= 11 is 7.53. The molecule has 5 nitrogen and oxygen atoms in total. The first-order chi connectivity index (χ1) is 14.8. The van der Waals surface area contributed by atoms with Gasteiger partial charge in [0.05, 0.1) is 7.11 Å². The standard InChI is InChI=1S/C24H31ClN2O3S/c1-5-17(2)26-24(29)18(3)27(16-19-7-6-8-21(15-19)30-4)23(28)13-14-31-22-11-9-20(25)10-12-22/h6-12,15,17-18H,5,13-14,16H2,1-4H3,(H,26,29)/t17-,18-/m1/s1. The Kier molecular flexibility index (Phi) is 10.2. The van der Waals surface area contributed by atoms with Crippen molar-refractivity contribution < 1.29 is 14.3 Å². The van der Waals surface area contributed by atoms with Gasteiger partial charge < -0.3 is 15.0 Å². The molecule has 0 saturated carbocycles. The Balaban J connectivity index is 2.09. The van der Waals surface area contributed by atoms with Crippen LogP contribution < -0.4 is 10.1 Å². The van der Waals surface area contributed by atoms with Gasteiger partial charge in [0.2, 0.25) is 11.8 Å². The lowest BCUT2D eigenvalue weighted by Gasteiger charge is -2.30. The summed E-state index contributed by atoms with van der Waals surface area (Å²) in [6.45, 7) is 6.10. The maximum Gasteiger partial charge on any atom is 0.242 e. The minimum Gasteiger partial charge on any atom is -0.497 e. The van der Waals surface area contributed by atoms with E-state index >= 15 is 0 Å². The molecule has 0 bridgehead atoms. The van der Waals surface area contributed by atoms with E-state index in [4.69, 9.17) is 16.3 Å². The first kappa shape index (κ1) is 25.1. The van der Waals surface area contributed by atoms with Crippen LogP contribution in [0.15, 0.2) is 53.4 Å². The molecule has 31 heavy (non-hydrogen) atoms. The van der Waals surface area contributed by atoms with Gasteiger partial charge in [0.15, 0.2) is 0 Å². The molecule has 0 saturated heterocycles. The zero-order valence-corrected chi connectivity index (χ0v) is 20.1. The van der Waals surface area contributed by atoms with Crippen molar-refractivity contribution in [1.29, 1.82) is 0 Å². The molecule has 0 aliphatic heterocycles. The van der Waals surface area contributed by atoms with Gasteiger partial charge in [-0.3, -0.25) is 9.59 Å². The third kappa shape index (κ3) is 8.11. The van der Waals surface area contributed by atoms with Crippen molar-refractivity contribution in [1.82, 2.24) is 10.2 Å². The molecule has 0 radical (unpaired) electrons. The Bertz CT molecular complexity index is 860. The summed E-state index contributed by atoms with van der Waals surface area (Å²) in [5, 5.41) is 3.67. The lowest BCUT2D eigenvalue weighted by molar-refractivity contribution is -0.140. The third-order valence-corrected chi connectivity index (χ3v) is 6.32. The zero-order valence-electron chi connectivity index (χ0n) is 18.6. The highest BCUT2D eigenvalue weighted by molar-refractivity contribution is 7.99. The molecule has 0 aliphatic rings. The van der Waals surface area contributed by atoms with E-state index in [0.29, 0.717) is 23.7 Å². The van der Waals surface area contributed by atoms with E-state index in [1.54, 1.807) is 30.7 Å². The smallest absolute Gasteiger partial charge is 0.242 e. The van der Waals surface area contributed by atoms with Gasteiger partial charge in [0.25, 0.3) is 0 Å². The molecule has 2 aromatic carbocycles. The number of hydrogen-bond donors (Lipinski definition) is 1. The highest BCUT2D eigenvalue weighted by atomic mass is 35.5. The quantitative estimate of drug-likeness (QED) is 0.468. The molecule has 0 unspecified atom stereocenters. The lowest BCUT2D eigenvalue weighted by atomic mass is 10.1. The van der Waals surface area contributed by atoms with E-state index in [0.717, 1.165) is 22.6 Å². The largest absolute Gasteiger partial charge is 0.497 e. The molecule has 0 aromatic heterocycles. The minimum atomic E-state index is -0.576. The average Bonchev–Trinajstić information content (AvgIpc) is 2.78. The Morgan fingerprint density at radius 3 is 2.52 bits per heavy atom. The van der Waals surface area contributed by atoms with E-state index < -0.39 is 6.04 Å². The van der Waals surface area contributed by atoms with Crippen LogP contribution >= 0.6 is 23.4 Å². The highest BCUT2D eigenvalue weighted by Crippen LogP contribution is 2.22. The van der Waals surface area contributed by atoms with Crippen molar-refractivity contribution in [2.45, 2.75) is 57.1 Å². The molecule has 2 amide bonds. The van der Waals surface area contributed by atoms with Gasteiger partial charge in [0, 0.05) is 34.7 Å². The number of nitrogens with zero attached hydrogens (tertiary/aromatic N) is 1. The lowest BCUT2D eigenvalue weighted by Crippen LogP contribution is -2.49. The van der Waals surface area contributed by atoms with Crippen LogP contribution in [0, 0.1) is 0 Å². The fourth-order valence-corrected chi connectivity index (χ4v) is 3.91. The van der Waals surface area contributed by atoms with Crippen LogP contribution in [0.2, 0.25) is 5.02 Å². The van der Waals surface area contributed by atoms with Crippen LogP contribution in [0.3, 0.4) is 0 Å². The predicted molar refractivity (Wildman–Crippen MR) is 128 cm³/mol. The maximum atomic E-state index is 13.1. The fourth-order valence-electron chi connectivity index (χ4n) is 2.95. The van der Waals surface area contributed by atoms with Crippen LogP contribution in [0.1, 0.15) is 39.2 Å². The summed E-state index contributed by atoms with van der Waals surface area (Å²) in [6.07, 6.45) is 1.16. The zero-order chi connectivity index (χ0) is 22.8. The van der Waals surface area contributed by atoms with Gasteiger partial charge in [-0.25, -0.2) is 0 Å². The van der Waals surface area contributed by atoms with Gasteiger partial charge in [-0.2, -0.15) is 0 Å². The summed E-state index contributed by atoms with van der Waals surface area (Å²) in [4.78, 5) is 28.6. The number of carbonyl (C=O) groups is 2. The van der Waals surface area contributed by atoms with Crippen molar-refractivity contribution in [3.05, 3.63) is 59.1 Å². The molecular formula is C24H31ClN2O3S. The first-order valence-electron chi connectivity index (χ1n) is 10.4. The number of halogens is 1. The summed E-state index contributed by atoms with van der Waals surface area (Å²) in [6, 6.07) is 14.6. The van der Waals surface area contributed by atoms with Crippen LogP contribution in [0.25, 0.3) is 0 Å². The Morgan fingerprint density at radius 2 is 1.87 bits per heavy atom. The molecule has 2 atom stereocenters. The molecule has 7 heteroatoms. The van der Waals surface area contributed by atoms with Crippen molar-refractivity contribution >= 4 is 35.2 Å². The van der Waals surface area contributed by atoms with Crippen LogP contribution in [-0.4, -0.2) is 41.7 Å². The number of nitrogens with one attached hydrogen (secondary N) is 1. The number of carbonyl (C=O) groups excluding carboxylic acids is 2. The number of rotatable bonds is 11. The Labute approximate surface area is 194 Å². The molecule has 2 rings (SSSR count). The van der Waals surface area contributed by atoms with Gasteiger partial charge in [-0.05, 0) is 62.2 Å². The number of hydrogen-bond acceptors (Lipinski definition) is 4. The number of thioether (sulfide) groups is 1. The van der Waals surface area contributed by atoms with E-state index in [2.05, 4.69) is 5.32 Å². The van der Waals surface area contributed by atoms with Crippen LogP contribution in [0.5, 0.6) is 5.75 Å². The van der Waals surface area contributed by atoms with E-state index in [-0.39, 0.29) is 17.9 Å². The topological polar surface area (TPSA) is 58.6 Å². The Hall–Kier alpha value is -2.18. The number of ether oxygens (including phenoxy) is 1.